The molecule has 4 atom stereocenters. The van der Waals surface area contributed by atoms with Gasteiger partial charge in [-0.1, -0.05) is 0 Å². The Morgan fingerprint density at radius 1 is 1.12 bits per heavy atom. The molecule has 0 unspecified atom stereocenters. The first kappa shape index (κ1) is 18.2. The van der Waals surface area contributed by atoms with Gasteiger partial charge in [-0.25, -0.2) is 4.79 Å². The Balaban J connectivity index is -0.000000327. The second kappa shape index (κ2) is 8.93. The summed E-state index contributed by atoms with van der Waals surface area (Å²) < 4.78 is 3.94. The molecule has 0 amide bonds. The maximum absolute atomic E-state index is 9.92. The zero-order valence-corrected chi connectivity index (χ0v) is 9.84. The van der Waals surface area contributed by atoms with Crippen molar-refractivity contribution in [2.45, 2.75) is 24.4 Å². The van der Waals surface area contributed by atoms with E-state index in [1.54, 1.807) is 0 Å². The summed E-state index contributed by atoms with van der Waals surface area (Å²) in [5, 5.41) is 52.7. The molecule has 0 aliphatic rings. The van der Waals surface area contributed by atoms with Crippen LogP contribution in [0, 0.1) is 0 Å². The maximum atomic E-state index is 9.92. The van der Waals surface area contributed by atoms with Gasteiger partial charge in [-0.3, -0.25) is 0 Å². The number of aliphatic hydroxyl groups excluding tert-OH is 5. The largest absolute Gasteiger partial charge is 2.00 e. The summed E-state index contributed by atoms with van der Waals surface area (Å²) in [4.78, 5) is 9.92. The average molecular weight is 253 g/mol. The van der Waals surface area contributed by atoms with Crippen molar-refractivity contribution in [1.29, 1.82) is 0 Å². The second-order valence-electron chi connectivity index (χ2n) is 2.88. The first-order chi connectivity index (χ1) is 6.90. The van der Waals surface area contributed by atoms with Crippen LogP contribution in [0.3, 0.4) is 0 Å². The minimum Gasteiger partial charge on any atom is -1.00 e. The van der Waals surface area contributed by atoms with E-state index in [0.717, 1.165) is 0 Å². The van der Waals surface area contributed by atoms with Crippen LogP contribution < -0.4 is 0 Å². The van der Waals surface area contributed by atoms with Crippen LogP contribution in [0.25, 0.3) is 0 Å². The van der Waals surface area contributed by atoms with E-state index in [2.05, 4.69) is 4.74 Å². The van der Waals surface area contributed by atoms with Crippen LogP contribution in [0.4, 0.5) is 4.79 Å². The molecular weight excluding hydrogens is 236 g/mol. The van der Waals surface area contributed by atoms with Crippen LogP contribution in [0.5, 0.6) is 0 Å². The van der Waals surface area contributed by atoms with Crippen LogP contribution in [0.1, 0.15) is 2.85 Å². The SMILES string of the molecule is O=C(O)OC[C@@H](O)[C@@H](O)[C@H](O)[C@H](O)CO.[H-].[H-].[Mg+2]. The van der Waals surface area contributed by atoms with Crippen molar-refractivity contribution in [3.8, 4) is 0 Å². The topological polar surface area (TPSA) is 148 Å². The molecule has 9 heteroatoms. The molecule has 0 aliphatic heterocycles. The van der Waals surface area contributed by atoms with E-state index in [1.165, 1.54) is 0 Å². The number of carbonyl (C=O) groups is 1. The van der Waals surface area contributed by atoms with Gasteiger partial charge in [-0.2, -0.15) is 0 Å². The monoisotopic (exact) mass is 252 g/mol. The summed E-state index contributed by atoms with van der Waals surface area (Å²) in [5.74, 6) is 0. The van der Waals surface area contributed by atoms with Gasteiger partial charge in [0, 0.05) is 0 Å². The molecular formula is C7H16MgO8. The van der Waals surface area contributed by atoms with Crippen molar-refractivity contribution < 1.29 is 43.0 Å². The van der Waals surface area contributed by atoms with Crippen molar-refractivity contribution in [1.82, 2.24) is 0 Å². The van der Waals surface area contributed by atoms with E-state index >= 15 is 0 Å². The number of aliphatic hydroxyl groups is 5. The third-order valence-electron chi connectivity index (χ3n) is 1.70. The van der Waals surface area contributed by atoms with Gasteiger partial charge in [0.1, 0.15) is 31.0 Å². The molecule has 0 heterocycles. The number of hydrogen-bond acceptors (Lipinski definition) is 7. The molecule has 0 aromatic heterocycles. The van der Waals surface area contributed by atoms with Crippen molar-refractivity contribution in [2.24, 2.45) is 0 Å². The minimum atomic E-state index is -1.81. The molecule has 0 rings (SSSR count). The summed E-state index contributed by atoms with van der Waals surface area (Å²) in [6.45, 7) is -1.55. The van der Waals surface area contributed by atoms with Crippen molar-refractivity contribution in [3.63, 3.8) is 0 Å². The Morgan fingerprint density at radius 3 is 1.94 bits per heavy atom. The number of ether oxygens (including phenoxy) is 1. The maximum Gasteiger partial charge on any atom is 2.00 e. The fourth-order valence-electron chi connectivity index (χ4n) is 0.818. The smallest absolute Gasteiger partial charge is 1.00 e. The fraction of sp³-hybridized carbons (Fsp3) is 0.857. The van der Waals surface area contributed by atoms with E-state index in [0.29, 0.717) is 0 Å². The average Bonchev–Trinajstić information content (AvgIpc) is 2.22. The molecule has 8 nitrogen and oxygen atoms in total. The van der Waals surface area contributed by atoms with E-state index in [4.69, 9.17) is 30.6 Å². The first-order valence-electron chi connectivity index (χ1n) is 4.09. The molecule has 0 saturated heterocycles. The van der Waals surface area contributed by atoms with Crippen LogP contribution >= 0.6 is 0 Å². The molecule has 94 valence electrons. The van der Waals surface area contributed by atoms with Crippen LogP contribution in [-0.4, -0.2) is 97.5 Å². The standard InChI is InChI=1S/C7H14O8.Mg.2H/c8-1-3(9)5(11)6(12)4(10)2-15-7(13)14;;;/h3-6,8-12H,1-2H2,(H,13,14);;;/q;+2;2*-1/t3-,4-,5-,6-;;;/m1.../s1. The molecule has 0 fully saturated rings. The third-order valence-corrected chi connectivity index (χ3v) is 1.70. The van der Waals surface area contributed by atoms with E-state index in [9.17, 15) is 4.79 Å². The Bertz CT molecular complexity index is 210. The Kier molecular flexibility index (Phi) is 10.2. The van der Waals surface area contributed by atoms with Gasteiger partial charge in [0.15, 0.2) is 0 Å². The summed E-state index contributed by atoms with van der Waals surface area (Å²) in [5.41, 5.74) is 0. The van der Waals surface area contributed by atoms with Crippen molar-refractivity contribution >= 4 is 29.2 Å². The zero-order chi connectivity index (χ0) is 12.0. The normalized spacial score (nSPS) is 17.8. The van der Waals surface area contributed by atoms with Crippen molar-refractivity contribution in [3.05, 3.63) is 0 Å². The molecule has 16 heavy (non-hydrogen) atoms. The Hall–Kier alpha value is -0.164. The van der Waals surface area contributed by atoms with Gasteiger partial charge in [0.25, 0.3) is 0 Å². The van der Waals surface area contributed by atoms with Crippen LogP contribution in [0.2, 0.25) is 0 Å². The predicted octanol–water partition coefficient (Wildman–Crippen LogP) is -3.04. The van der Waals surface area contributed by atoms with Crippen molar-refractivity contribution in [2.75, 3.05) is 13.2 Å². The summed E-state index contributed by atoms with van der Waals surface area (Å²) in [6, 6.07) is 0. The zero-order valence-electron chi connectivity index (χ0n) is 10.4. The molecule has 6 N–H and O–H groups in total. The fourth-order valence-corrected chi connectivity index (χ4v) is 0.818. The van der Waals surface area contributed by atoms with Gasteiger partial charge >= 0.3 is 29.2 Å². The quantitative estimate of drug-likeness (QED) is 0.216. The Labute approximate surface area is 110 Å². The molecule has 0 radical (unpaired) electrons. The summed E-state index contributed by atoms with van der Waals surface area (Å²) in [7, 11) is 0. The summed E-state index contributed by atoms with van der Waals surface area (Å²) in [6.07, 6.45) is -8.55. The summed E-state index contributed by atoms with van der Waals surface area (Å²) >= 11 is 0. The Morgan fingerprint density at radius 2 is 1.56 bits per heavy atom. The van der Waals surface area contributed by atoms with Crippen LogP contribution in [0.15, 0.2) is 0 Å². The molecule has 0 spiro atoms. The van der Waals surface area contributed by atoms with E-state index in [-0.39, 0.29) is 25.9 Å². The van der Waals surface area contributed by atoms with Crippen LogP contribution in [-0.2, 0) is 4.74 Å². The molecule has 0 aromatic carbocycles. The van der Waals surface area contributed by atoms with Gasteiger partial charge < -0.3 is 38.2 Å². The van der Waals surface area contributed by atoms with Gasteiger partial charge in [-0.15, -0.1) is 0 Å². The van der Waals surface area contributed by atoms with Gasteiger partial charge in [0.05, 0.1) is 6.61 Å². The van der Waals surface area contributed by atoms with E-state index in [1.807, 2.05) is 0 Å². The van der Waals surface area contributed by atoms with Gasteiger partial charge in [-0.05, 0) is 0 Å². The molecule has 0 bridgehead atoms. The second-order valence-corrected chi connectivity index (χ2v) is 2.88. The third kappa shape index (κ3) is 6.43. The number of hydrogen-bond donors (Lipinski definition) is 6. The molecule has 0 aliphatic carbocycles. The van der Waals surface area contributed by atoms with Gasteiger partial charge in [0.2, 0.25) is 0 Å². The number of rotatable bonds is 6. The first-order valence-corrected chi connectivity index (χ1v) is 4.09. The predicted molar refractivity (Wildman–Crippen MR) is 53.1 cm³/mol. The molecule has 0 aromatic rings. The van der Waals surface area contributed by atoms with E-state index < -0.39 is 43.8 Å². The molecule has 0 saturated carbocycles. The minimum absolute atomic E-state index is 0. The number of carboxylic acid groups (broad SMARTS) is 1.